The molecule has 1 aliphatic heterocycles. The summed E-state index contributed by atoms with van der Waals surface area (Å²) in [6, 6.07) is 0. The largest absolute Gasteiger partial charge is 0.361 e. The second kappa shape index (κ2) is 3.15. The van der Waals surface area contributed by atoms with Gasteiger partial charge in [0.05, 0.1) is 13.7 Å². The first-order chi connectivity index (χ1) is 4.33. The van der Waals surface area contributed by atoms with Crippen molar-refractivity contribution in [3.8, 4) is 0 Å². The molecule has 0 aliphatic carbocycles. The maximum Gasteiger partial charge on any atom is 0.155 e. The van der Waals surface area contributed by atoms with Crippen molar-refractivity contribution in [2.45, 2.75) is 6.10 Å². The van der Waals surface area contributed by atoms with Crippen molar-refractivity contribution in [2.24, 2.45) is 0 Å². The maximum absolute atomic E-state index is 5.41. The third kappa shape index (κ3) is 1.93. The van der Waals surface area contributed by atoms with Crippen LogP contribution in [0.4, 0.5) is 0 Å². The number of hydrogen-bond donors (Lipinski definition) is 2. The van der Waals surface area contributed by atoms with Gasteiger partial charge in [-0.2, -0.15) is 0 Å². The molecule has 0 aromatic heterocycles. The van der Waals surface area contributed by atoms with Crippen molar-refractivity contribution < 1.29 is 15.4 Å². The Morgan fingerprint density at radius 3 is 3.00 bits per heavy atom. The summed E-state index contributed by atoms with van der Waals surface area (Å²) in [6.07, 6.45) is 0.416. The monoisotopic (exact) mass is 132 g/mol. The topological polar surface area (TPSA) is 41.3 Å². The quantitative estimate of drug-likeness (QED) is 0.396. The van der Waals surface area contributed by atoms with Gasteiger partial charge < -0.3 is 15.4 Å². The van der Waals surface area contributed by atoms with Crippen LogP contribution in [0.3, 0.4) is 0 Å². The molecule has 9 heavy (non-hydrogen) atoms. The number of quaternary nitrogens is 2. The summed E-state index contributed by atoms with van der Waals surface area (Å²) in [4.78, 5) is 1.56. The van der Waals surface area contributed by atoms with Gasteiger partial charge in [0.25, 0.3) is 0 Å². The molecule has 1 heterocycles. The Kier molecular flexibility index (Phi) is 2.45. The average molecular weight is 132 g/mol. The van der Waals surface area contributed by atoms with Gasteiger partial charge in [-0.05, 0) is 0 Å². The zero-order chi connectivity index (χ0) is 6.69. The molecule has 1 fully saturated rings. The van der Waals surface area contributed by atoms with E-state index < -0.39 is 0 Å². The van der Waals surface area contributed by atoms with Gasteiger partial charge >= 0.3 is 0 Å². The fourth-order valence-corrected chi connectivity index (χ4v) is 1.13. The van der Waals surface area contributed by atoms with E-state index in [1.165, 1.54) is 0 Å². The van der Waals surface area contributed by atoms with E-state index in [0.29, 0.717) is 6.10 Å². The van der Waals surface area contributed by atoms with Crippen LogP contribution in [0.1, 0.15) is 0 Å². The molecule has 3 heteroatoms. The predicted octanol–water partition coefficient (Wildman–Crippen LogP) is -2.86. The van der Waals surface area contributed by atoms with Gasteiger partial charge in [-0.1, -0.05) is 0 Å². The average Bonchev–Trinajstić information content (AvgIpc) is 1.88. The Morgan fingerprint density at radius 1 is 1.78 bits per heavy atom. The van der Waals surface area contributed by atoms with Crippen LogP contribution in [-0.2, 0) is 4.74 Å². The first-order valence-corrected chi connectivity index (χ1v) is 3.55. The molecule has 1 unspecified atom stereocenters. The van der Waals surface area contributed by atoms with Crippen LogP contribution in [0.25, 0.3) is 0 Å². The Bertz CT molecular complexity index is 87.1. The molecule has 3 nitrogen and oxygen atoms in total. The van der Waals surface area contributed by atoms with E-state index in [1.807, 2.05) is 0 Å². The maximum atomic E-state index is 5.41. The van der Waals surface area contributed by atoms with Gasteiger partial charge in [-0.3, -0.25) is 0 Å². The highest BCUT2D eigenvalue weighted by atomic mass is 16.5. The van der Waals surface area contributed by atoms with Crippen molar-refractivity contribution in [3.63, 3.8) is 0 Å². The second-order valence-electron chi connectivity index (χ2n) is 2.69. The van der Waals surface area contributed by atoms with Gasteiger partial charge in [-0.25, -0.2) is 0 Å². The number of morpholine rings is 1. The molecule has 0 saturated carbocycles. The molecule has 1 aliphatic rings. The van der Waals surface area contributed by atoms with Gasteiger partial charge in [0.2, 0.25) is 0 Å². The van der Waals surface area contributed by atoms with Gasteiger partial charge in [0.1, 0.15) is 19.6 Å². The summed E-state index contributed by atoms with van der Waals surface area (Å²) >= 11 is 0. The van der Waals surface area contributed by atoms with Crippen LogP contribution in [0.15, 0.2) is 0 Å². The molecule has 54 valence electrons. The molecule has 0 radical (unpaired) electrons. The van der Waals surface area contributed by atoms with Crippen LogP contribution in [0, 0.1) is 0 Å². The van der Waals surface area contributed by atoms with Crippen molar-refractivity contribution in [1.82, 2.24) is 0 Å². The summed E-state index contributed by atoms with van der Waals surface area (Å²) < 4.78 is 5.41. The standard InChI is InChI=1S/C6H14N2O/c1-8-2-3-9-6(4-7)5-8/h6H,2-5,7H2,1H3/p+2/t6-/m1/s1. The number of likely N-dealkylation sites (N-methyl/N-ethyl adjacent to an activating group) is 1. The molecular weight excluding hydrogens is 116 g/mol. The summed E-state index contributed by atoms with van der Waals surface area (Å²) in [7, 11) is 2.20. The lowest BCUT2D eigenvalue weighted by Gasteiger charge is -2.24. The second-order valence-corrected chi connectivity index (χ2v) is 2.69. The highest BCUT2D eigenvalue weighted by Crippen LogP contribution is 1.86. The third-order valence-corrected chi connectivity index (χ3v) is 1.78. The van der Waals surface area contributed by atoms with E-state index in [2.05, 4.69) is 12.8 Å². The zero-order valence-corrected chi connectivity index (χ0v) is 6.02. The number of nitrogens with one attached hydrogen (secondary N) is 1. The summed E-state index contributed by atoms with van der Waals surface area (Å²) in [5, 5.41) is 0. The van der Waals surface area contributed by atoms with Crippen molar-refractivity contribution in [3.05, 3.63) is 0 Å². The summed E-state index contributed by atoms with van der Waals surface area (Å²) in [5.41, 5.74) is 3.81. The molecule has 0 amide bonds. The van der Waals surface area contributed by atoms with Crippen LogP contribution >= 0.6 is 0 Å². The Labute approximate surface area is 55.8 Å². The molecule has 0 aromatic carbocycles. The van der Waals surface area contributed by atoms with Crippen molar-refractivity contribution in [1.29, 1.82) is 0 Å². The molecule has 1 rings (SSSR count). The first kappa shape index (κ1) is 6.99. The third-order valence-electron chi connectivity index (χ3n) is 1.78. The summed E-state index contributed by atoms with van der Waals surface area (Å²) in [5.74, 6) is 0. The number of rotatable bonds is 1. The van der Waals surface area contributed by atoms with Gasteiger partial charge in [-0.15, -0.1) is 0 Å². The number of hydrogen-bond acceptors (Lipinski definition) is 1. The van der Waals surface area contributed by atoms with Crippen molar-refractivity contribution in [2.75, 3.05) is 33.3 Å². The summed E-state index contributed by atoms with van der Waals surface area (Å²) in [6.45, 7) is 4.10. The van der Waals surface area contributed by atoms with Crippen LogP contribution in [0.2, 0.25) is 0 Å². The Hall–Kier alpha value is -0.120. The fourth-order valence-electron chi connectivity index (χ4n) is 1.13. The van der Waals surface area contributed by atoms with E-state index >= 15 is 0 Å². The molecule has 2 atom stereocenters. The van der Waals surface area contributed by atoms with Gasteiger partial charge in [0.15, 0.2) is 6.10 Å². The minimum absolute atomic E-state index is 0.416. The Balaban J connectivity index is 2.23. The molecule has 1 saturated heterocycles. The highest BCUT2D eigenvalue weighted by Gasteiger charge is 2.19. The van der Waals surface area contributed by atoms with Gasteiger partial charge in [0, 0.05) is 0 Å². The zero-order valence-electron chi connectivity index (χ0n) is 6.02. The SMILES string of the molecule is C[NH+]1CCO[C@H](C[NH3+])C1. The molecule has 0 aromatic rings. The molecule has 4 N–H and O–H groups in total. The van der Waals surface area contributed by atoms with E-state index in [4.69, 9.17) is 4.74 Å². The van der Waals surface area contributed by atoms with E-state index in [0.717, 1.165) is 26.2 Å². The predicted molar refractivity (Wildman–Crippen MR) is 34.1 cm³/mol. The van der Waals surface area contributed by atoms with Crippen LogP contribution < -0.4 is 10.6 Å². The Morgan fingerprint density at radius 2 is 2.56 bits per heavy atom. The molecule has 0 bridgehead atoms. The molecular formula is C6H16N2O+2. The lowest BCUT2D eigenvalue weighted by atomic mass is 10.3. The van der Waals surface area contributed by atoms with Crippen LogP contribution in [0.5, 0.6) is 0 Å². The van der Waals surface area contributed by atoms with Crippen LogP contribution in [-0.4, -0.2) is 39.4 Å². The van der Waals surface area contributed by atoms with E-state index in [-0.39, 0.29) is 0 Å². The molecule has 0 spiro atoms. The first-order valence-electron chi connectivity index (χ1n) is 3.55. The minimum Gasteiger partial charge on any atom is -0.361 e. The lowest BCUT2D eigenvalue weighted by Crippen LogP contribution is -3.12. The fraction of sp³-hybridized carbons (Fsp3) is 1.00. The smallest absolute Gasteiger partial charge is 0.155 e. The minimum atomic E-state index is 0.416. The van der Waals surface area contributed by atoms with E-state index in [9.17, 15) is 0 Å². The lowest BCUT2D eigenvalue weighted by molar-refractivity contribution is -0.893. The van der Waals surface area contributed by atoms with E-state index in [1.54, 1.807) is 4.90 Å². The highest BCUT2D eigenvalue weighted by molar-refractivity contribution is 4.54. The number of ether oxygens (including phenoxy) is 1. The van der Waals surface area contributed by atoms with Crippen molar-refractivity contribution >= 4 is 0 Å². The normalized spacial score (nSPS) is 36.7.